The first-order valence-corrected chi connectivity index (χ1v) is 5.72. The Labute approximate surface area is 98.5 Å². The molecule has 0 fully saturated rings. The minimum absolute atomic E-state index is 0.151. The van der Waals surface area contributed by atoms with Gasteiger partial charge < -0.3 is 5.41 Å². The monoisotopic (exact) mass is 324 g/mol. The summed E-state index contributed by atoms with van der Waals surface area (Å²) in [6, 6.07) is 1.74. The number of nitrogens with one attached hydrogen (secondary N) is 1. The van der Waals surface area contributed by atoms with E-state index in [1.807, 2.05) is 6.92 Å². The van der Waals surface area contributed by atoms with E-state index in [-0.39, 0.29) is 3.74 Å². The molecular formula is C8H7Br2ClN2. The van der Waals surface area contributed by atoms with Gasteiger partial charge in [0, 0.05) is 11.8 Å². The van der Waals surface area contributed by atoms with Gasteiger partial charge in [-0.05, 0) is 18.6 Å². The van der Waals surface area contributed by atoms with E-state index in [1.165, 1.54) is 0 Å². The van der Waals surface area contributed by atoms with Crippen molar-refractivity contribution in [3.8, 4) is 0 Å². The molecule has 0 aromatic carbocycles. The van der Waals surface area contributed by atoms with Crippen molar-refractivity contribution in [2.24, 2.45) is 0 Å². The van der Waals surface area contributed by atoms with Crippen LogP contribution in [0.3, 0.4) is 0 Å². The minimum atomic E-state index is -0.151. The lowest BCUT2D eigenvalue weighted by molar-refractivity contribution is 1.25. The summed E-state index contributed by atoms with van der Waals surface area (Å²) >= 11 is 12.2. The molecule has 0 saturated carbocycles. The van der Waals surface area contributed by atoms with Crippen LogP contribution in [0.5, 0.6) is 0 Å². The maximum absolute atomic E-state index is 7.72. The maximum atomic E-state index is 7.72. The normalized spacial score (nSPS) is 10.5. The van der Waals surface area contributed by atoms with Gasteiger partial charge >= 0.3 is 0 Å². The van der Waals surface area contributed by atoms with Crippen LogP contribution >= 0.6 is 43.5 Å². The van der Waals surface area contributed by atoms with Crippen molar-refractivity contribution in [2.75, 3.05) is 0 Å². The average molecular weight is 326 g/mol. The van der Waals surface area contributed by atoms with Crippen LogP contribution in [0.4, 0.5) is 0 Å². The molecule has 0 spiro atoms. The summed E-state index contributed by atoms with van der Waals surface area (Å²) in [6.07, 6.45) is 1.61. The standard InChI is InChI=1S/C8H7Br2ClN2/c1-4-2-6(11)13-3-5(4)7(12)8(9)10/h2-3,8,12H,1H3. The first-order valence-electron chi connectivity index (χ1n) is 3.51. The number of aromatic nitrogens is 1. The summed E-state index contributed by atoms with van der Waals surface area (Å²) in [7, 11) is 0. The molecule has 5 heteroatoms. The fourth-order valence-corrected chi connectivity index (χ4v) is 1.63. The molecule has 0 aliphatic heterocycles. The molecule has 1 N–H and O–H groups in total. The molecule has 2 nitrogen and oxygen atoms in total. The SMILES string of the molecule is Cc1cc(Cl)ncc1C(=N)C(Br)Br. The van der Waals surface area contributed by atoms with E-state index < -0.39 is 0 Å². The third-order valence-corrected chi connectivity index (χ3v) is 2.71. The molecule has 0 atom stereocenters. The van der Waals surface area contributed by atoms with Crippen molar-refractivity contribution < 1.29 is 0 Å². The van der Waals surface area contributed by atoms with Crippen LogP contribution in [-0.2, 0) is 0 Å². The highest BCUT2D eigenvalue weighted by atomic mass is 79.9. The van der Waals surface area contributed by atoms with Crippen molar-refractivity contribution in [2.45, 2.75) is 10.7 Å². The highest BCUT2D eigenvalue weighted by Crippen LogP contribution is 2.19. The molecule has 0 aliphatic carbocycles. The number of pyridine rings is 1. The number of aryl methyl sites for hydroxylation is 1. The molecule has 1 aromatic heterocycles. The zero-order valence-electron chi connectivity index (χ0n) is 6.81. The van der Waals surface area contributed by atoms with Gasteiger partial charge in [0.2, 0.25) is 0 Å². The summed E-state index contributed by atoms with van der Waals surface area (Å²) < 4.78 is -0.151. The largest absolute Gasteiger partial charge is 0.303 e. The zero-order valence-corrected chi connectivity index (χ0v) is 10.7. The summed E-state index contributed by atoms with van der Waals surface area (Å²) in [4.78, 5) is 3.93. The van der Waals surface area contributed by atoms with E-state index in [0.717, 1.165) is 11.1 Å². The fraction of sp³-hybridized carbons (Fsp3) is 0.250. The minimum Gasteiger partial charge on any atom is -0.303 e. The van der Waals surface area contributed by atoms with E-state index in [1.54, 1.807) is 12.3 Å². The summed E-state index contributed by atoms with van der Waals surface area (Å²) in [5.74, 6) is 0. The van der Waals surface area contributed by atoms with Crippen LogP contribution in [0.1, 0.15) is 11.1 Å². The van der Waals surface area contributed by atoms with E-state index in [2.05, 4.69) is 36.8 Å². The van der Waals surface area contributed by atoms with Crippen molar-refractivity contribution in [1.29, 1.82) is 5.41 Å². The van der Waals surface area contributed by atoms with Gasteiger partial charge in [-0.25, -0.2) is 4.98 Å². The quantitative estimate of drug-likeness (QED) is 0.504. The van der Waals surface area contributed by atoms with Gasteiger partial charge in [-0.2, -0.15) is 0 Å². The number of nitrogens with zero attached hydrogens (tertiary/aromatic N) is 1. The molecular weight excluding hydrogens is 319 g/mol. The van der Waals surface area contributed by atoms with Gasteiger partial charge in [0.15, 0.2) is 0 Å². The second-order valence-corrected chi connectivity index (χ2v) is 5.98. The molecule has 0 bridgehead atoms. The Hall–Kier alpha value is 0.0700. The van der Waals surface area contributed by atoms with Gasteiger partial charge in [0.1, 0.15) is 8.89 Å². The summed E-state index contributed by atoms with van der Waals surface area (Å²) in [5.41, 5.74) is 2.19. The first kappa shape index (κ1) is 11.1. The Bertz CT molecular complexity index is 339. The van der Waals surface area contributed by atoms with Crippen LogP contribution < -0.4 is 0 Å². The van der Waals surface area contributed by atoms with Crippen LogP contribution in [0.2, 0.25) is 5.15 Å². The Morgan fingerprint density at radius 2 is 2.23 bits per heavy atom. The number of rotatable bonds is 2. The highest BCUT2D eigenvalue weighted by molar-refractivity contribution is 9.25. The second-order valence-electron chi connectivity index (χ2n) is 2.54. The molecule has 1 aromatic rings. The van der Waals surface area contributed by atoms with Gasteiger partial charge in [-0.1, -0.05) is 43.5 Å². The first-order chi connectivity index (χ1) is 6.02. The Morgan fingerprint density at radius 1 is 1.62 bits per heavy atom. The highest BCUT2D eigenvalue weighted by Gasteiger charge is 2.11. The van der Waals surface area contributed by atoms with E-state index >= 15 is 0 Å². The number of hydrogen-bond acceptors (Lipinski definition) is 2. The van der Waals surface area contributed by atoms with Crippen LogP contribution in [0.25, 0.3) is 0 Å². The van der Waals surface area contributed by atoms with Crippen LogP contribution in [-0.4, -0.2) is 14.4 Å². The maximum Gasteiger partial charge on any atom is 0.129 e. The van der Waals surface area contributed by atoms with E-state index in [4.69, 9.17) is 17.0 Å². The second kappa shape index (κ2) is 4.53. The Kier molecular flexibility index (Phi) is 3.88. The number of hydrogen-bond donors (Lipinski definition) is 1. The van der Waals surface area contributed by atoms with E-state index in [9.17, 15) is 0 Å². The van der Waals surface area contributed by atoms with Crippen LogP contribution in [0, 0.1) is 12.3 Å². The molecule has 13 heavy (non-hydrogen) atoms. The molecule has 0 unspecified atom stereocenters. The van der Waals surface area contributed by atoms with Crippen molar-refractivity contribution >= 4 is 49.2 Å². The molecule has 0 amide bonds. The summed E-state index contributed by atoms with van der Waals surface area (Å²) in [6.45, 7) is 1.90. The third-order valence-electron chi connectivity index (χ3n) is 1.59. The summed E-state index contributed by atoms with van der Waals surface area (Å²) in [5, 5.41) is 8.17. The van der Waals surface area contributed by atoms with Crippen molar-refractivity contribution in [1.82, 2.24) is 4.98 Å². The molecule has 1 heterocycles. The fourth-order valence-electron chi connectivity index (χ4n) is 0.921. The zero-order chi connectivity index (χ0) is 10.0. The molecule has 0 aliphatic rings. The molecule has 0 radical (unpaired) electrons. The lowest BCUT2D eigenvalue weighted by Crippen LogP contribution is -2.09. The Morgan fingerprint density at radius 3 is 2.69 bits per heavy atom. The van der Waals surface area contributed by atoms with Crippen molar-refractivity contribution in [3.05, 3.63) is 28.5 Å². The van der Waals surface area contributed by atoms with Gasteiger partial charge in [-0.3, -0.25) is 0 Å². The lowest BCUT2D eigenvalue weighted by atomic mass is 10.1. The molecule has 1 rings (SSSR count). The smallest absolute Gasteiger partial charge is 0.129 e. The predicted octanol–water partition coefficient (Wildman–Crippen LogP) is 3.53. The number of halogens is 3. The van der Waals surface area contributed by atoms with Gasteiger partial charge in [0.25, 0.3) is 0 Å². The average Bonchev–Trinajstić information content (AvgIpc) is 2.03. The van der Waals surface area contributed by atoms with Crippen LogP contribution in [0.15, 0.2) is 12.3 Å². The van der Waals surface area contributed by atoms with Gasteiger partial charge in [-0.15, -0.1) is 0 Å². The number of alkyl halides is 2. The molecule has 0 saturated heterocycles. The Balaban J connectivity index is 3.09. The lowest BCUT2D eigenvalue weighted by Gasteiger charge is -2.07. The topological polar surface area (TPSA) is 36.7 Å². The van der Waals surface area contributed by atoms with Crippen molar-refractivity contribution in [3.63, 3.8) is 0 Å². The van der Waals surface area contributed by atoms with Gasteiger partial charge in [0.05, 0.1) is 5.71 Å². The third kappa shape index (κ3) is 2.76. The molecule has 70 valence electrons. The van der Waals surface area contributed by atoms with E-state index in [0.29, 0.717) is 10.9 Å². The predicted molar refractivity (Wildman–Crippen MR) is 62.5 cm³/mol.